The highest BCUT2D eigenvalue weighted by Crippen LogP contribution is 2.61. The largest absolute Gasteiger partial charge is 0.445 e. The van der Waals surface area contributed by atoms with Crippen molar-refractivity contribution < 1.29 is 23.1 Å². The Bertz CT molecular complexity index is 766. The van der Waals surface area contributed by atoms with Gasteiger partial charge in [-0.05, 0) is 38.8 Å². The first-order chi connectivity index (χ1) is 13.3. The zero-order valence-corrected chi connectivity index (χ0v) is 17.6. The van der Waals surface area contributed by atoms with Gasteiger partial charge in [-0.2, -0.15) is 0 Å². The van der Waals surface area contributed by atoms with Gasteiger partial charge in [0, 0.05) is 0 Å². The molecule has 28 heavy (non-hydrogen) atoms. The summed E-state index contributed by atoms with van der Waals surface area (Å²) in [5.74, 6) is -0.984. The number of nitrogens with one attached hydrogen (secondary N) is 1. The molecule has 2 rings (SSSR count). The van der Waals surface area contributed by atoms with Crippen LogP contribution in [-0.4, -0.2) is 18.3 Å². The summed E-state index contributed by atoms with van der Waals surface area (Å²) in [6.45, 7) is 7.19. The summed E-state index contributed by atoms with van der Waals surface area (Å²) < 4.78 is 30.3. The molecular weight excluding hydrogens is 377 g/mol. The fourth-order valence-electron chi connectivity index (χ4n) is 2.59. The standard InChI is InChI=1S/C21H28NO5P/c1-16(2)26-28(24,27-17(3)4)20(19-13-9-6-10-14-19)22-21(23)25-15-18-11-7-5-8-12-18/h5-14,16-17,20H,15H2,1-4H3,(H,22,23)/t20-/m0/s1. The molecule has 1 atom stereocenters. The molecule has 7 heteroatoms. The third kappa shape index (κ3) is 6.79. The lowest BCUT2D eigenvalue weighted by Gasteiger charge is -2.30. The molecule has 0 heterocycles. The molecule has 1 amide bonds. The van der Waals surface area contributed by atoms with Crippen LogP contribution in [0, 0.1) is 0 Å². The van der Waals surface area contributed by atoms with E-state index < -0.39 is 19.5 Å². The highest BCUT2D eigenvalue weighted by molar-refractivity contribution is 7.54. The maximum atomic E-state index is 13.6. The number of carbonyl (C=O) groups is 1. The van der Waals surface area contributed by atoms with Gasteiger partial charge in [0.25, 0.3) is 0 Å². The minimum absolute atomic E-state index is 0.106. The van der Waals surface area contributed by atoms with Gasteiger partial charge in [0.15, 0.2) is 5.78 Å². The molecule has 0 unspecified atom stereocenters. The molecule has 1 N–H and O–H groups in total. The van der Waals surface area contributed by atoms with E-state index in [0.29, 0.717) is 5.56 Å². The van der Waals surface area contributed by atoms with Crippen molar-refractivity contribution in [2.24, 2.45) is 0 Å². The fourth-order valence-corrected chi connectivity index (χ4v) is 4.86. The van der Waals surface area contributed by atoms with E-state index in [1.165, 1.54) is 0 Å². The van der Waals surface area contributed by atoms with Gasteiger partial charge in [0.2, 0.25) is 0 Å². The lowest BCUT2D eigenvalue weighted by atomic mass is 10.2. The van der Waals surface area contributed by atoms with Gasteiger partial charge in [0.05, 0.1) is 12.2 Å². The second-order valence-corrected chi connectivity index (χ2v) is 8.89. The van der Waals surface area contributed by atoms with E-state index in [9.17, 15) is 9.36 Å². The summed E-state index contributed by atoms with van der Waals surface area (Å²) in [5, 5.41) is 2.68. The summed E-state index contributed by atoms with van der Waals surface area (Å²) in [4.78, 5) is 12.5. The number of carbonyl (C=O) groups excluding carboxylic acids is 1. The van der Waals surface area contributed by atoms with Crippen molar-refractivity contribution in [3.8, 4) is 0 Å². The number of amides is 1. The Morgan fingerprint density at radius 3 is 1.89 bits per heavy atom. The molecule has 0 aliphatic heterocycles. The van der Waals surface area contributed by atoms with Crippen LogP contribution in [0.15, 0.2) is 60.7 Å². The molecule has 0 bridgehead atoms. The second kappa shape index (κ2) is 10.4. The van der Waals surface area contributed by atoms with Crippen LogP contribution in [-0.2, 0) is 25.0 Å². The molecule has 0 radical (unpaired) electrons. The Labute approximate surface area is 166 Å². The van der Waals surface area contributed by atoms with Crippen LogP contribution in [0.4, 0.5) is 4.79 Å². The summed E-state index contributed by atoms with van der Waals surface area (Å²) >= 11 is 0. The number of hydrogen-bond donors (Lipinski definition) is 1. The van der Waals surface area contributed by atoms with Gasteiger partial charge in [0.1, 0.15) is 6.61 Å². The SMILES string of the molecule is CC(C)OP(=O)(OC(C)C)[C@H](NC(=O)OCc1ccccc1)c1ccccc1. The monoisotopic (exact) mass is 405 g/mol. The zero-order valence-electron chi connectivity index (χ0n) is 16.7. The van der Waals surface area contributed by atoms with Crippen molar-refractivity contribution in [3.05, 3.63) is 71.8 Å². The van der Waals surface area contributed by atoms with E-state index in [4.69, 9.17) is 13.8 Å². The Morgan fingerprint density at radius 2 is 1.39 bits per heavy atom. The second-order valence-electron chi connectivity index (χ2n) is 6.87. The average Bonchev–Trinajstić information content (AvgIpc) is 2.64. The van der Waals surface area contributed by atoms with E-state index in [2.05, 4.69) is 5.32 Å². The van der Waals surface area contributed by atoms with Gasteiger partial charge in [-0.3, -0.25) is 4.57 Å². The molecule has 0 saturated heterocycles. The number of benzene rings is 2. The van der Waals surface area contributed by atoms with Gasteiger partial charge in [-0.25, -0.2) is 4.79 Å². The molecule has 2 aromatic rings. The number of ether oxygens (including phenoxy) is 1. The molecule has 6 nitrogen and oxygen atoms in total. The maximum absolute atomic E-state index is 13.6. The number of hydrogen-bond acceptors (Lipinski definition) is 5. The van der Waals surface area contributed by atoms with Crippen molar-refractivity contribution in [1.29, 1.82) is 0 Å². The molecule has 0 spiro atoms. The normalized spacial score (nSPS) is 12.8. The van der Waals surface area contributed by atoms with Crippen LogP contribution in [0.3, 0.4) is 0 Å². The van der Waals surface area contributed by atoms with Crippen molar-refractivity contribution in [2.45, 2.75) is 52.3 Å². The third-order valence-corrected chi connectivity index (χ3v) is 6.11. The lowest BCUT2D eigenvalue weighted by molar-refractivity contribution is 0.120. The van der Waals surface area contributed by atoms with Crippen LogP contribution in [0.25, 0.3) is 0 Å². The number of rotatable bonds is 9. The molecule has 0 fully saturated rings. The van der Waals surface area contributed by atoms with Gasteiger partial charge < -0.3 is 19.1 Å². The first-order valence-corrected chi connectivity index (χ1v) is 10.9. The maximum Gasteiger partial charge on any atom is 0.408 e. The summed E-state index contributed by atoms with van der Waals surface area (Å²) in [7, 11) is -3.73. The smallest absolute Gasteiger partial charge is 0.408 e. The predicted molar refractivity (Wildman–Crippen MR) is 109 cm³/mol. The van der Waals surface area contributed by atoms with E-state index in [0.717, 1.165) is 5.56 Å². The Kier molecular flexibility index (Phi) is 8.24. The zero-order chi connectivity index (χ0) is 20.6. The third-order valence-electron chi connectivity index (χ3n) is 3.61. The molecule has 0 aliphatic rings. The Morgan fingerprint density at radius 1 is 0.893 bits per heavy atom. The van der Waals surface area contributed by atoms with E-state index in [1.807, 2.05) is 36.4 Å². The van der Waals surface area contributed by atoms with Crippen LogP contribution in [0.2, 0.25) is 0 Å². The minimum atomic E-state index is -3.73. The van der Waals surface area contributed by atoms with E-state index >= 15 is 0 Å². The lowest BCUT2D eigenvalue weighted by Crippen LogP contribution is -2.31. The van der Waals surface area contributed by atoms with Crippen LogP contribution in [0.5, 0.6) is 0 Å². The Balaban J connectivity index is 2.23. The number of alkyl carbamates (subject to hydrolysis) is 1. The average molecular weight is 405 g/mol. The Hall–Kier alpha value is -2.14. The van der Waals surface area contributed by atoms with E-state index in [1.54, 1.807) is 52.0 Å². The van der Waals surface area contributed by atoms with Crippen LogP contribution >= 0.6 is 7.60 Å². The first-order valence-electron chi connectivity index (χ1n) is 9.29. The minimum Gasteiger partial charge on any atom is -0.445 e. The van der Waals surface area contributed by atoms with Crippen molar-refractivity contribution >= 4 is 13.7 Å². The quantitative estimate of drug-likeness (QED) is 0.545. The predicted octanol–water partition coefficient (Wildman–Crippen LogP) is 5.65. The highest BCUT2D eigenvalue weighted by Gasteiger charge is 2.40. The molecular formula is C21H28NO5P. The van der Waals surface area contributed by atoms with Crippen molar-refractivity contribution in [2.75, 3.05) is 0 Å². The van der Waals surface area contributed by atoms with Gasteiger partial charge >= 0.3 is 13.7 Å². The molecule has 0 saturated carbocycles. The fraction of sp³-hybridized carbons (Fsp3) is 0.381. The summed E-state index contributed by atoms with van der Waals surface area (Å²) in [5.41, 5.74) is 1.47. The van der Waals surface area contributed by atoms with Gasteiger partial charge in [-0.15, -0.1) is 0 Å². The molecule has 152 valence electrons. The van der Waals surface area contributed by atoms with Crippen LogP contribution in [0.1, 0.15) is 44.6 Å². The van der Waals surface area contributed by atoms with Gasteiger partial charge in [-0.1, -0.05) is 60.7 Å². The van der Waals surface area contributed by atoms with Crippen molar-refractivity contribution in [3.63, 3.8) is 0 Å². The molecule has 0 aromatic heterocycles. The highest BCUT2D eigenvalue weighted by atomic mass is 31.2. The first kappa shape index (κ1) is 22.2. The summed E-state index contributed by atoms with van der Waals surface area (Å²) in [6.07, 6.45) is -1.39. The van der Waals surface area contributed by atoms with Crippen molar-refractivity contribution in [1.82, 2.24) is 5.32 Å². The van der Waals surface area contributed by atoms with Crippen LogP contribution < -0.4 is 5.32 Å². The van der Waals surface area contributed by atoms with E-state index in [-0.39, 0.29) is 18.8 Å². The topological polar surface area (TPSA) is 73.9 Å². The summed E-state index contributed by atoms with van der Waals surface area (Å²) in [6, 6.07) is 18.3. The molecule has 0 aliphatic carbocycles. The molecule has 2 aromatic carbocycles.